The maximum atomic E-state index is 12.0. The Hall–Kier alpha value is -2.88. The van der Waals surface area contributed by atoms with Crippen molar-refractivity contribution >= 4 is 33.5 Å². The van der Waals surface area contributed by atoms with Crippen molar-refractivity contribution in [2.75, 3.05) is 0 Å². The summed E-state index contributed by atoms with van der Waals surface area (Å²) in [4.78, 5) is 24.0. The lowest BCUT2D eigenvalue weighted by molar-refractivity contribution is -0.134. The Balaban J connectivity index is 2.44. The molecule has 0 saturated heterocycles. The summed E-state index contributed by atoms with van der Waals surface area (Å²) in [5.41, 5.74) is 2.16. The smallest absolute Gasteiger partial charge is 0.310 e. The van der Waals surface area contributed by atoms with Crippen LogP contribution in [0.2, 0.25) is 0 Å². The highest BCUT2D eigenvalue weighted by Gasteiger charge is 2.20. The first-order valence-corrected chi connectivity index (χ1v) is 8.83. The molecule has 0 aliphatic heterocycles. The number of benzene rings is 3. The van der Waals surface area contributed by atoms with Gasteiger partial charge in [-0.05, 0) is 37.1 Å². The fraction of sp³-hybridized carbons (Fsp3) is 0.273. The number of hydrogen-bond donors (Lipinski definition) is 0. The minimum atomic E-state index is -0.298. The monoisotopic (exact) mass is 350 g/mol. The van der Waals surface area contributed by atoms with E-state index in [0.29, 0.717) is 11.5 Å². The van der Waals surface area contributed by atoms with Gasteiger partial charge in [-0.1, -0.05) is 38.1 Å². The Morgan fingerprint density at radius 3 is 1.46 bits per heavy atom. The zero-order valence-electron chi connectivity index (χ0n) is 15.5. The van der Waals surface area contributed by atoms with Crippen molar-refractivity contribution in [3.63, 3.8) is 0 Å². The lowest BCUT2D eigenvalue weighted by Gasteiger charge is -2.17. The summed E-state index contributed by atoms with van der Waals surface area (Å²) in [6, 6.07) is 11.5. The molecule has 4 nitrogen and oxygen atoms in total. The van der Waals surface area contributed by atoms with E-state index in [1.807, 2.05) is 50.2 Å². The minimum absolute atomic E-state index is 0.285. The van der Waals surface area contributed by atoms with Crippen LogP contribution in [0.15, 0.2) is 36.4 Å². The molecule has 0 saturated carbocycles. The summed E-state index contributed by atoms with van der Waals surface area (Å²) in [5, 5.41) is 3.05. The lowest BCUT2D eigenvalue weighted by atomic mass is 9.96. The fourth-order valence-corrected chi connectivity index (χ4v) is 2.95. The van der Waals surface area contributed by atoms with Gasteiger partial charge in [0.1, 0.15) is 11.5 Å². The van der Waals surface area contributed by atoms with Crippen LogP contribution in [0, 0.1) is 13.8 Å². The predicted octanol–water partition coefficient (Wildman–Crippen LogP) is 5.24. The van der Waals surface area contributed by atoms with Gasteiger partial charge in [0.25, 0.3) is 0 Å². The molecule has 0 amide bonds. The van der Waals surface area contributed by atoms with Gasteiger partial charge in [0.2, 0.25) is 0 Å². The largest absolute Gasteiger partial charge is 0.425 e. The molecule has 0 bridgehead atoms. The summed E-state index contributed by atoms with van der Waals surface area (Å²) in [5.74, 6) is 0.435. The summed E-state index contributed by atoms with van der Waals surface area (Å²) in [6.45, 7) is 7.54. The fourth-order valence-electron chi connectivity index (χ4n) is 2.95. The highest BCUT2D eigenvalue weighted by atomic mass is 16.5. The van der Waals surface area contributed by atoms with Crippen LogP contribution < -0.4 is 9.47 Å². The summed E-state index contributed by atoms with van der Waals surface area (Å²) >= 11 is 0. The second-order valence-corrected chi connectivity index (χ2v) is 6.34. The first-order chi connectivity index (χ1) is 12.5. The second-order valence-electron chi connectivity index (χ2n) is 6.34. The molecule has 0 N–H and O–H groups in total. The number of carbonyl (C=O) groups is 2. The van der Waals surface area contributed by atoms with Crippen molar-refractivity contribution in [3.8, 4) is 11.5 Å². The molecule has 0 aromatic heterocycles. The second kappa shape index (κ2) is 7.16. The predicted molar refractivity (Wildman–Crippen MR) is 103 cm³/mol. The van der Waals surface area contributed by atoms with E-state index in [1.54, 1.807) is 13.8 Å². The standard InChI is InChI=1S/C22H22O4/c1-5-19(23)25-21-15-9-7-8-10-16(15)22(26-20(24)6-2)18-12-14(4)13(3)11-17(18)21/h7-12H,5-6H2,1-4H3. The third-order valence-corrected chi connectivity index (χ3v) is 4.55. The van der Waals surface area contributed by atoms with Crippen molar-refractivity contribution in [2.24, 2.45) is 0 Å². The van der Waals surface area contributed by atoms with E-state index in [-0.39, 0.29) is 24.8 Å². The SMILES string of the molecule is CCC(=O)Oc1c2ccccc2c(OC(=O)CC)c2cc(C)c(C)cc12. The molecular weight excluding hydrogens is 328 g/mol. The van der Waals surface area contributed by atoms with Crippen molar-refractivity contribution < 1.29 is 19.1 Å². The van der Waals surface area contributed by atoms with Crippen LogP contribution in [-0.2, 0) is 9.59 Å². The molecule has 4 heteroatoms. The minimum Gasteiger partial charge on any atom is -0.425 e. The van der Waals surface area contributed by atoms with Crippen LogP contribution in [0.5, 0.6) is 11.5 Å². The summed E-state index contributed by atoms with van der Waals surface area (Å²) in [6.07, 6.45) is 0.570. The zero-order valence-corrected chi connectivity index (χ0v) is 15.5. The highest BCUT2D eigenvalue weighted by molar-refractivity contribution is 6.13. The Labute approximate surface area is 152 Å². The molecule has 0 radical (unpaired) electrons. The van der Waals surface area contributed by atoms with Crippen LogP contribution in [0.3, 0.4) is 0 Å². The molecule has 0 fully saturated rings. The van der Waals surface area contributed by atoms with Crippen molar-refractivity contribution in [1.82, 2.24) is 0 Å². The van der Waals surface area contributed by atoms with Crippen LogP contribution in [0.1, 0.15) is 37.8 Å². The maximum Gasteiger partial charge on any atom is 0.310 e. The molecule has 0 aliphatic rings. The molecule has 134 valence electrons. The Bertz CT molecular complexity index is 936. The highest BCUT2D eigenvalue weighted by Crippen LogP contribution is 2.44. The molecule has 3 rings (SSSR count). The van der Waals surface area contributed by atoms with Crippen LogP contribution >= 0.6 is 0 Å². The van der Waals surface area contributed by atoms with Crippen LogP contribution in [-0.4, -0.2) is 11.9 Å². The molecule has 3 aromatic carbocycles. The number of rotatable bonds is 4. The number of hydrogen-bond acceptors (Lipinski definition) is 4. The molecule has 0 unspecified atom stereocenters. The maximum absolute atomic E-state index is 12.0. The molecule has 0 atom stereocenters. The first kappa shape index (κ1) is 17.9. The third kappa shape index (κ3) is 3.15. The summed E-state index contributed by atoms with van der Waals surface area (Å²) < 4.78 is 11.4. The summed E-state index contributed by atoms with van der Waals surface area (Å²) in [7, 11) is 0. The molecule has 3 aromatic rings. The van der Waals surface area contributed by atoms with E-state index in [0.717, 1.165) is 32.7 Å². The normalized spacial score (nSPS) is 10.9. The number of carbonyl (C=O) groups excluding carboxylic acids is 2. The Morgan fingerprint density at radius 1 is 0.731 bits per heavy atom. The average Bonchev–Trinajstić information content (AvgIpc) is 2.65. The average molecular weight is 350 g/mol. The van der Waals surface area contributed by atoms with Gasteiger partial charge in [0.05, 0.1) is 0 Å². The number of fused-ring (bicyclic) bond motifs is 2. The van der Waals surface area contributed by atoms with Crippen molar-refractivity contribution in [1.29, 1.82) is 0 Å². The van der Waals surface area contributed by atoms with E-state index in [1.165, 1.54) is 0 Å². The van der Waals surface area contributed by atoms with Gasteiger partial charge in [-0.3, -0.25) is 9.59 Å². The van der Waals surface area contributed by atoms with Gasteiger partial charge in [-0.25, -0.2) is 0 Å². The van der Waals surface area contributed by atoms with Gasteiger partial charge in [0, 0.05) is 34.4 Å². The Morgan fingerprint density at radius 2 is 1.12 bits per heavy atom. The number of aryl methyl sites for hydroxylation is 2. The molecular formula is C22H22O4. The quantitative estimate of drug-likeness (QED) is 0.367. The van der Waals surface area contributed by atoms with E-state index in [4.69, 9.17) is 9.47 Å². The van der Waals surface area contributed by atoms with Gasteiger partial charge in [0.15, 0.2) is 0 Å². The lowest BCUT2D eigenvalue weighted by Crippen LogP contribution is -2.09. The Kier molecular flexibility index (Phi) is 4.94. The van der Waals surface area contributed by atoms with Gasteiger partial charge >= 0.3 is 11.9 Å². The topological polar surface area (TPSA) is 52.6 Å². The zero-order chi connectivity index (χ0) is 18.8. The van der Waals surface area contributed by atoms with Crippen molar-refractivity contribution in [2.45, 2.75) is 40.5 Å². The van der Waals surface area contributed by atoms with Crippen LogP contribution in [0.25, 0.3) is 21.5 Å². The molecule has 0 aliphatic carbocycles. The molecule has 0 spiro atoms. The van der Waals surface area contributed by atoms with Gasteiger partial charge in [-0.15, -0.1) is 0 Å². The van der Waals surface area contributed by atoms with E-state index >= 15 is 0 Å². The van der Waals surface area contributed by atoms with E-state index in [9.17, 15) is 9.59 Å². The molecule has 0 heterocycles. The first-order valence-electron chi connectivity index (χ1n) is 8.83. The number of esters is 2. The van der Waals surface area contributed by atoms with Gasteiger partial charge < -0.3 is 9.47 Å². The molecule has 26 heavy (non-hydrogen) atoms. The van der Waals surface area contributed by atoms with E-state index in [2.05, 4.69) is 0 Å². The third-order valence-electron chi connectivity index (χ3n) is 4.55. The van der Waals surface area contributed by atoms with Crippen molar-refractivity contribution in [3.05, 3.63) is 47.5 Å². The number of ether oxygens (including phenoxy) is 2. The van der Waals surface area contributed by atoms with Gasteiger partial charge in [-0.2, -0.15) is 0 Å². The van der Waals surface area contributed by atoms with E-state index < -0.39 is 0 Å². The van der Waals surface area contributed by atoms with Crippen LogP contribution in [0.4, 0.5) is 0 Å².